The number of fused-ring (bicyclic) bond motifs is 3. The lowest BCUT2D eigenvalue weighted by Gasteiger charge is -2.27. The van der Waals surface area contributed by atoms with E-state index in [4.69, 9.17) is 4.98 Å². The van der Waals surface area contributed by atoms with Crippen LogP contribution in [0.2, 0.25) is 0 Å². The van der Waals surface area contributed by atoms with E-state index in [-0.39, 0.29) is 0 Å². The Morgan fingerprint density at radius 1 is 1.33 bits per heavy atom. The van der Waals surface area contributed by atoms with E-state index in [1.54, 1.807) is 0 Å². The molecule has 0 aliphatic carbocycles. The quantitative estimate of drug-likeness (QED) is 0.734. The van der Waals surface area contributed by atoms with Gasteiger partial charge in [0, 0.05) is 22.9 Å². The van der Waals surface area contributed by atoms with E-state index in [2.05, 4.69) is 56.2 Å². The van der Waals surface area contributed by atoms with Crippen LogP contribution in [0.1, 0.15) is 36.7 Å². The van der Waals surface area contributed by atoms with Crippen molar-refractivity contribution >= 4 is 5.70 Å². The standard InChI is InChI=1S/C16H18N2/c1-5-15-11(3)17-16-14-9-7-6-8-13(14)10(2)12(4)18(15)16/h6-10H,4-5H2,1-3H3. The van der Waals surface area contributed by atoms with Crippen molar-refractivity contribution in [2.75, 3.05) is 0 Å². The summed E-state index contributed by atoms with van der Waals surface area (Å²) >= 11 is 0. The van der Waals surface area contributed by atoms with Crippen LogP contribution in [0.3, 0.4) is 0 Å². The van der Waals surface area contributed by atoms with E-state index < -0.39 is 0 Å². The summed E-state index contributed by atoms with van der Waals surface area (Å²) in [5.41, 5.74) is 6.14. The number of hydrogen-bond acceptors (Lipinski definition) is 1. The summed E-state index contributed by atoms with van der Waals surface area (Å²) in [6.07, 6.45) is 0.993. The number of hydrogen-bond donors (Lipinski definition) is 0. The SMILES string of the molecule is C=C1C(C)c2ccccc2-c2nc(C)c(CC)n21. The van der Waals surface area contributed by atoms with Gasteiger partial charge in [0.25, 0.3) is 0 Å². The van der Waals surface area contributed by atoms with Crippen LogP contribution in [0, 0.1) is 6.92 Å². The van der Waals surface area contributed by atoms with Gasteiger partial charge in [-0.2, -0.15) is 0 Å². The average molecular weight is 238 g/mol. The Morgan fingerprint density at radius 3 is 2.78 bits per heavy atom. The number of nitrogens with zero attached hydrogens (tertiary/aromatic N) is 2. The molecule has 1 aromatic heterocycles. The van der Waals surface area contributed by atoms with Crippen molar-refractivity contribution in [2.45, 2.75) is 33.1 Å². The molecular formula is C16H18N2. The first-order valence-corrected chi connectivity index (χ1v) is 6.51. The summed E-state index contributed by atoms with van der Waals surface area (Å²) in [5, 5.41) is 0. The molecule has 1 unspecified atom stereocenters. The van der Waals surface area contributed by atoms with Crippen molar-refractivity contribution in [3.8, 4) is 11.4 Å². The first-order chi connectivity index (χ1) is 8.65. The Morgan fingerprint density at radius 2 is 2.06 bits per heavy atom. The monoisotopic (exact) mass is 238 g/mol. The molecule has 2 heterocycles. The number of benzene rings is 1. The van der Waals surface area contributed by atoms with Gasteiger partial charge in [-0.15, -0.1) is 0 Å². The van der Waals surface area contributed by atoms with Gasteiger partial charge in [0.15, 0.2) is 0 Å². The summed E-state index contributed by atoms with van der Waals surface area (Å²) in [7, 11) is 0. The van der Waals surface area contributed by atoms with Crippen LogP contribution in [0.4, 0.5) is 0 Å². The minimum Gasteiger partial charge on any atom is -0.300 e. The Hall–Kier alpha value is -1.83. The zero-order valence-electron chi connectivity index (χ0n) is 11.2. The maximum Gasteiger partial charge on any atom is 0.145 e. The van der Waals surface area contributed by atoms with Gasteiger partial charge in [-0.05, 0) is 18.9 Å². The maximum atomic E-state index is 4.75. The number of rotatable bonds is 1. The van der Waals surface area contributed by atoms with Crippen LogP contribution < -0.4 is 0 Å². The molecular weight excluding hydrogens is 220 g/mol. The fraction of sp³-hybridized carbons (Fsp3) is 0.312. The zero-order chi connectivity index (χ0) is 12.9. The molecule has 18 heavy (non-hydrogen) atoms. The number of aromatic nitrogens is 2. The molecule has 0 spiro atoms. The topological polar surface area (TPSA) is 17.8 Å². The van der Waals surface area contributed by atoms with E-state index in [0.29, 0.717) is 5.92 Å². The lowest BCUT2D eigenvalue weighted by atomic mass is 9.89. The molecule has 0 amide bonds. The first-order valence-electron chi connectivity index (χ1n) is 6.51. The Labute approximate surface area is 108 Å². The molecule has 92 valence electrons. The number of allylic oxidation sites excluding steroid dienone is 1. The molecule has 2 nitrogen and oxygen atoms in total. The lowest BCUT2D eigenvalue weighted by Crippen LogP contribution is -2.15. The van der Waals surface area contributed by atoms with Crippen LogP contribution in [-0.4, -0.2) is 9.55 Å². The van der Waals surface area contributed by atoms with Crippen LogP contribution in [0.15, 0.2) is 30.8 Å². The molecule has 2 aromatic rings. The largest absolute Gasteiger partial charge is 0.300 e. The summed E-state index contributed by atoms with van der Waals surface area (Å²) in [6, 6.07) is 8.52. The second kappa shape index (κ2) is 3.84. The van der Waals surface area contributed by atoms with E-state index in [9.17, 15) is 0 Å². The number of imidazole rings is 1. The molecule has 1 atom stereocenters. The summed E-state index contributed by atoms with van der Waals surface area (Å²) in [6.45, 7) is 10.8. The van der Waals surface area contributed by atoms with E-state index in [1.165, 1.54) is 16.8 Å². The maximum absolute atomic E-state index is 4.75. The molecule has 0 saturated carbocycles. The van der Waals surface area contributed by atoms with Gasteiger partial charge >= 0.3 is 0 Å². The second-order valence-corrected chi connectivity index (χ2v) is 4.96. The molecule has 1 aliphatic heterocycles. The highest BCUT2D eigenvalue weighted by Gasteiger charge is 2.28. The van der Waals surface area contributed by atoms with Gasteiger partial charge in [-0.1, -0.05) is 44.7 Å². The van der Waals surface area contributed by atoms with Crippen LogP contribution in [0.25, 0.3) is 17.1 Å². The highest BCUT2D eigenvalue weighted by Crippen LogP contribution is 2.41. The molecule has 0 radical (unpaired) electrons. The van der Waals surface area contributed by atoms with Gasteiger partial charge in [0.2, 0.25) is 0 Å². The molecule has 0 N–H and O–H groups in total. The predicted octanol–water partition coefficient (Wildman–Crippen LogP) is 4.01. The van der Waals surface area contributed by atoms with Crippen molar-refractivity contribution in [2.24, 2.45) is 0 Å². The van der Waals surface area contributed by atoms with Crippen LogP contribution >= 0.6 is 0 Å². The Kier molecular flexibility index (Phi) is 2.40. The minimum atomic E-state index is 0.354. The molecule has 0 bridgehead atoms. The second-order valence-electron chi connectivity index (χ2n) is 4.96. The van der Waals surface area contributed by atoms with E-state index in [1.807, 2.05) is 0 Å². The molecule has 3 rings (SSSR count). The lowest BCUT2D eigenvalue weighted by molar-refractivity contribution is 0.834. The molecule has 0 fully saturated rings. The first kappa shape index (κ1) is 11.3. The summed E-state index contributed by atoms with van der Waals surface area (Å²) in [5.74, 6) is 1.41. The summed E-state index contributed by atoms with van der Waals surface area (Å²) in [4.78, 5) is 4.75. The third-order valence-electron chi connectivity index (χ3n) is 3.96. The van der Waals surface area contributed by atoms with E-state index in [0.717, 1.165) is 23.6 Å². The molecule has 1 aliphatic rings. The van der Waals surface area contributed by atoms with Crippen molar-refractivity contribution in [3.63, 3.8) is 0 Å². The predicted molar refractivity (Wildman–Crippen MR) is 75.5 cm³/mol. The minimum absolute atomic E-state index is 0.354. The van der Waals surface area contributed by atoms with Gasteiger partial charge < -0.3 is 4.57 Å². The van der Waals surface area contributed by atoms with Gasteiger partial charge in [-0.3, -0.25) is 0 Å². The van der Waals surface area contributed by atoms with Crippen LogP contribution in [-0.2, 0) is 6.42 Å². The molecule has 1 aromatic carbocycles. The van der Waals surface area contributed by atoms with Crippen molar-refractivity contribution in [1.82, 2.24) is 9.55 Å². The Balaban J connectivity index is 2.37. The highest BCUT2D eigenvalue weighted by atomic mass is 15.1. The molecule has 2 heteroatoms. The van der Waals surface area contributed by atoms with Gasteiger partial charge in [-0.25, -0.2) is 4.98 Å². The highest BCUT2D eigenvalue weighted by molar-refractivity contribution is 5.76. The van der Waals surface area contributed by atoms with Gasteiger partial charge in [0.1, 0.15) is 5.82 Å². The zero-order valence-corrected chi connectivity index (χ0v) is 11.2. The van der Waals surface area contributed by atoms with Crippen molar-refractivity contribution in [3.05, 3.63) is 47.8 Å². The smallest absolute Gasteiger partial charge is 0.145 e. The van der Waals surface area contributed by atoms with Crippen molar-refractivity contribution in [1.29, 1.82) is 0 Å². The number of aryl methyl sites for hydroxylation is 1. The van der Waals surface area contributed by atoms with Crippen molar-refractivity contribution < 1.29 is 0 Å². The Bertz CT molecular complexity index is 635. The van der Waals surface area contributed by atoms with Crippen LogP contribution in [0.5, 0.6) is 0 Å². The fourth-order valence-corrected chi connectivity index (χ4v) is 2.92. The third kappa shape index (κ3) is 1.32. The fourth-order valence-electron chi connectivity index (χ4n) is 2.92. The van der Waals surface area contributed by atoms with Gasteiger partial charge in [0.05, 0.1) is 5.69 Å². The molecule has 0 saturated heterocycles. The van der Waals surface area contributed by atoms with E-state index >= 15 is 0 Å². The summed E-state index contributed by atoms with van der Waals surface area (Å²) < 4.78 is 2.25. The normalized spacial score (nSPS) is 17.5. The third-order valence-corrected chi connectivity index (χ3v) is 3.96. The average Bonchev–Trinajstić information content (AvgIpc) is 2.73.